The van der Waals surface area contributed by atoms with Gasteiger partial charge in [0, 0.05) is 7.11 Å². The van der Waals surface area contributed by atoms with E-state index in [-0.39, 0.29) is 0 Å². The summed E-state index contributed by atoms with van der Waals surface area (Å²) < 4.78 is 6.81. The van der Waals surface area contributed by atoms with Crippen LogP contribution in [0, 0.1) is 5.92 Å². The van der Waals surface area contributed by atoms with Crippen LogP contribution in [-0.4, -0.2) is 28.6 Å². The molecule has 2 unspecified atom stereocenters. The van der Waals surface area contributed by atoms with Crippen molar-refractivity contribution in [1.29, 1.82) is 0 Å². The van der Waals surface area contributed by atoms with Crippen LogP contribution >= 0.6 is 11.6 Å². The number of aliphatic hydroxyl groups is 1. The molecule has 0 aromatic carbocycles. The summed E-state index contributed by atoms with van der Waals surface area (Å²) in [5.41, 5.74) is -0.0682. The van der Waals surface area contributed by atoms with E-state index in [2.05, 4.69) is 12.0 Å². The van der Waals surface area contributed by atoms with Crippen LogP contribution in [0.4, 0.5) is 0 Å². The highest BCUT2D eigenvalue weighted by Gasteiger charge is 2.41. The van der Waals surface area contributed by atoms with E-state index in [9.17, 15) is 5.11 Å². The van der Waals surface area contributed by atoms with Gasteiger partial charge in [0.05, 0.1) is 30.1 Å². The Bertz CT molecular complexity index is 394. The second-order valence-corrected chi connectivity index (χ2v) is 5.34. The molecule has 2 rings (SSSR count). The summed E-state index contributed by atoms with van der Waals surface area (Å²) in [6, 6.07) is 0. The van der Waals surface area contributed by atoms with E-state index in [0.717, 1.165) is 25.0 Å². The number of aromatic nitrogens is 2. The lowest BCUT2D eigenvalue weighted by atomic mass is 9.96. The Morgan fingerprint density at radius 2 is 2.47 bits per heavy atom. The highest BCUT2D eigenvalue weighted by Crippen LogP contribution is 2.44. The third-order valence-electron chi connectivity index (χ3n) is 3.48. The number of hydrogen-bond donors (Lipinski definition) is 1. The van der Waals surface area contributed by atoms with Crippen molar-refractivity contribution in [2.45, 2.75) is 38.3 Å². The van der Waals surface area contributed by atoms with Crippen LogP contribution in [0.5, 0.6) is 0 Å². The van der Waals surface area contributed by atoms with Crippen molar-refractivity contribution < 1.29 is 9.84 Å². The molecule has 1 aliphatic rings. The maximum atomic E-state index is 10.7. The third-order valence-corrected chi connectivity index (χ3v) is 3.76. The minimum absolute atomic E-state index is 0.529. The predicted octanol–water partition coefficient (Wildman–Crippen LogP) is 2.19. The van der Waals surface area contributed by atoms with Crippen molar-refractivity contribution in [1.82, 2.24) is 9.78 Å². The molecule has 1 saturated carbocycles. The number of rotatable bonds is 4. The van der Waals surface area contributed by atoms with Gasteiger partial charge in [0.25, 0.3) is 0 Å². The molecule has 4 nitrogen and oxygen atoms in total. The van der Waals surface area contributed by atoms with Crippen molar-refractivity contribution in [3.63, 3.8) is 0 Å². The average molecular weight is 259 g/mol. The van der Waals surface area contributed by atoms with Gasteiger partial charge in [-0.3, -0.25) is 4.68 Å². The highest BCUT2D eigenvalue weighted by atomic mass is 35.5. The zero-order valence-corrected chi connectivity index (χ0v) is 11.1. The van der Waals surface area contributed by atoms with Gasteiger partial charge < -0.3 is 9.84 Å². The first-order valence-electron chi connectivity index (χ1n) is 6.00. The largest absolute Gasteiger partial charge is 0.384 e. The molecule has 0 aliphatic heterocycles. The fraction of sp³-hybridized carbons (Fsp3) is 0.750. The summed E-state index contributed by atoms with van der Waals surface area (Å²) in [6.07, 6.45) is 4.15. The molecule has 1 heterocycles. The number of hydrogen-bond acceptors (Lipinski definition) is 3. The van der Waals surface area contributed by atoms with Gasteiger partial charge in [-0.2, -0.15) is 5.10 Å². The second-order valence-electron chi connectivity index (χ2n) is 4.94. The molecule has 0 spiro atoms. The van der Waals surface area contributed by atoms with Gasteiger partial charge in [0.1, 0.15) is 5.60 Å². The number of methoxy groups -OCH3 is 1. The van der Waals surface area contributed by atoms with Crippen molar-refractivity contribution in [2.75, 3.05) is 13.7 Å². The zero-order valence-electron chi connectivity index (χ0n) is 10.3. The molecule has 1 aromatic rings. The van der Waals surface area contributed by atoms with Crippen molar-refractivity contribution in [2.24, 2.45) is 5.92 Å². The molecule has 1 aliphatic carbocycles. The molecule has 0 amide bonds. The Morgan fingerprint density at radius 3 is 3.06 bits per heavy atom. The molecule has 1 fully saturated rings. The highest BCUT2D eigenvalue weighted by molar-refractivity contribution is 6.31. The van der Waals surface area contributed by atoms with E-state index < -0.39 is 5.60 Å². The van der Waals surface area contributed by atoms with Gasteiger partial charge in [0.2, 0.25) is 0 Å². The molecule has 5 heteroatoms. The normalized spacial score (nSPS) is 28.8. The van der Waals surface area contributed by atoms with Crippen LogP contribution in [0.1, 0.15) is 31.9 Å². The van der Waals surface area contributed by atoms with Crippen LogP contribution < -0.4 is 0 Å². The summed E-state index contributed by atoms with van der Waals surface area (Å²) in [5, 5.41) is 15.5. The summed E-state index contributed by atoms with van der Waals surface area (Å²) in [4.78, 5) is 0. The molecular weight excluding hydrogens is 240 g/mol. The second kappa shape index (κ2) is 4.96. The molecule has 0 bridgehead atoms. The monoisotopic (exact) mass is 258 g/mol. The Hall–Kier alpha value is -0.580. The Balaban J connectivity index is 2.27. The molecule has 17 heavy (non-hydrogen) atoms. The van der Waals surface area contributed by atoms with Gasteiger partial charge in [-0.25, -0.2) is 0 Å². The van der Waals surface area contributed by atoms with E-state index in [4.69, 9.17) is 16.3 Å². The molecule has 0 radical (unpaired) electrons. The molecule has 96 valence electrons. The lowest BCUT2D eigenvalue weighted by Crippen LogP contribution is -2.27. The van der Waals surface area contributed by atoms with E-state index >= 15 is 0 Å². The Morgan fingerprint density at radius 1 is 1.71 bits per heavy atom. The lowest BCUT2D eigenvalue weighted by Gasteiger charge is -2.24. The standard InChI is InChI=1S/C12H19ClN2O2/c1-9-3-4-12(16,7-9)11-10(13)8-14-15(11)5-6-17-2/h8-9,16H,3-7H2,1-2H3. The number of nitrogens with zero attached hydrogens (tertiary/aromatic N) is 2. The summed E-state index contributed by atoms with van der Waals surface area (Å²) in [5.74, 6) is 0.529. The maximum Gasteiger partial charge on any atom is 0.108 e. The fourth-order valence-corrected chi connectivity index (χ4v) is 2.97. The number of halogens is 1. The molecule has 1 N–H and O–H groups in total. The fourth-order valence-electron chi connectivity index (χ4n) is 2.65. The zero-order chi connectivity index (χ0) is 12.5. The molecule has 2 atom stereocenters. The van der Waals surface area contributed by atoms with Crippen LogP contribution in [0.3, 0.4) is 0 Å². The molecule has 1 aromatic heterocycles. The van der Waals surface area contributed by atoms with Gasteiger partial charge >= 0.3 is 0 Å². The topological polar surface area (TPSA) is 47.3 Å². The van der Waals surface area contributed by atoms with E-state index in [1.807, 2.05) is 0 Å². The summed E-state index contributed by atoms with van der Waals surface area (Å²) in [6.45, 7) is 3.34. The van der Waals surface area contributed by atoms with Crippen LogP contribution in [0.2, 0.25) is 5.02 Å². The maximum absolute atomic E-state index is 10.7. The van der Waals surface area contributed by atoms with Gasteiger partial charge in [0.15, 0.2) is 0 Å². The summed E-state index contributed by atoms with van der Waals surface area (Å²) in [7, 11) is 1.65. The molecule has 0 saturated heterocycles. The third kappa shape index (κ3) is 2.49. The number of ether oxygens (including phenoxy) is 1. The summed E-state index contributed by atoms with van der Waals surface area (Å²) >= 11 is 6.16. The van der Waals surface area contributed by atoms with Crippen LogP contribution in [-0.2, 0) is 16.9 Å². The average Bonchev–Trinajstić information content (AvgIpc) is 2.80. The first kappa shape index (κ1) is 12.9. The smallest absolute Gasteiger partial charge is 0.108 e. The van der Waals surface area contributed by atoms with Gasteiger partial charge in [-0.15, -0.1) is 0 Å². The SMILES string of the molecule is COCCn1ncc(Cl)c1C1(O)CCC(C)C1. The lowest BCUT2D eigenvalue weighted by molar-refractivity contribution is 0.0300. The van der Waals surface area contributed by atoms with E-state index in [0.29, 0.717) is 24.1 Å². The van der Waals surface area contributed by atoms with Crippen molar-refractivity contribution in [3.05, 3.63) is 16.9 Å². The minimum Gasteiger partial charge on any atom is -0.384 e. The van der Waals surface area contributed by atoms with Crippen molar-refractivity contribution in [3.8, 4) is 0 Å². The van der Waals surface area contributed by atoms with Crippen LogP contribution in [0.15, 0.2) is 6.20 Å². The predicted molar refractivity (Wildman–Crippen MR) is 66.0 cm³/mol. The quantitative estimate of drug-likeness (QED) is 0.901. The Kier molecular flexibility index (Phi) is 3.76. The van der Waals surface area contributed by atoms with Crippen molar-refractivity contribution >= 4 is 11.6 Å². The first-order valence-corrected chi connectivity index (χ1v) is 6.38. The Labute approximate surface area is 107 Å². The molecular formula is C12H19ClN2O2. The van der Waals surface area contributed by atoms with E-state index in [1.54, 1.807) is 18.0 Å². The van der Waals surface area contributed by atoms with Crippen LogP contribution in [0.25, 0.3) is 0 Å². The minimum atomic E-state index is -0.819. The first-order chi connectivity index (χ1) is 8.07. The van der Waals surface area contributed by atoms with Gasteiger partial charge in [-0.1, -0.05) is 18.5 Å². The van der Waals surface area contributed by atoms with Gasteiger partial charge in [-0.05, 0) is 25.2 Å². The van der Waals surface area contributed by atoms with E-state index in [1.165, 1.54) is 0 Å².